The molecule has 0 aliphatic heterocycles. The van der Waals surface area contributed by atoms with Crippen molar-refractivity contribution in [3.63, 3.8) is 0 Å². The van der Waals surface area contributed by atoms with Crippen LogP contribution in [-0.4, -0.2) is 42.3 Å². The Morgan fingerprint density at radius 1 is 0.938 bits per heavy atom. The molecule has 0 saturated carbocycles. The van der Waals surface area contributed by atoms with Gasteiger partial charge in [0, 0.05) is 14.1 Å². The number of amides is 1. The minimum absolute atomic E-state index is 0.750. The predicted molar refractivity (Wildman–Crippen MR) is 44.6 cm³/mol. The molecule has 0 fully saturated rings. The maximum atomic E-state index is 11.8. The lowest BCUT2D eigenvalue weighted by molar-refractivity contribution is -0.299. The SMILES string of the molecule is CN(C)C=O.FC(F)(F)C(F)(Br)C(F)(F)F. The average Bonchev–Trinajstić information content (AvgIpc) is 2.01. The fourth-order valence-electron chi connectivity index (χ4n) is 0.161. The van der Waals surface area contributed by atoms with Gasteiger partial charge in [-0.25, -0.2) is 4.39 Å². The van der Waals surface area contributed by atoms with Gasteiger partial charge in [-0.05, 0) is 15.9 Å². The number of carbonyl (C=O) groups excluding carboxylic acids is 1. The summed E-state index contributed by atoms with van der Waals surface area (Å²) in [5.74, 6) is 0. The van der Waals surface area contributed by atoms with Crippen LogP contribution >= 0.6 is 15.9 Å². The molecule has 2 nitrogen and oxygen atoms in total. The lowest BCUT2D eigenvalue weighted by atomic mass is 10.4. The summed E-state index contributed by atoms with van der Waals surface area (Å²) in [6, 6.07) is 0. The lowest BCUT2D eigenvalue weighted by Gasteiger charge is -2.23. The first-order chi connectivity index (χ1) is 6.77. The molecule has 0 unspecified atom stereocenters. The van der Waals surface area contributed by atoms with Crippen molar-refractivity contribution in [2.75, 3.05) is 14.1 Å². The molecule has 0 bridgehead atoms. The average molecular weight is 322 g/mol. The predicted octanol–water partition coefficient (Wildman–Crippen LogP) is 2.88. The van der Waals surface area contributed by atoms with Crippen LogP contribution in [0.4, 0.5) is 30.7 Å². The van der Waals surface area contributed by atoms with Crippen LogP contribution in [0.2, 0.25) is 0 Å². The van der Waals surface area contributed by atoms with Gasteiger partial charge in [0.1, 0.15) is 0 Å². The van der Waals surface area contributed by atoms with E-state index in [-0.39, 0.29) is 0 Å². The molecule has 0 aliphatic carbocycles. The summed E-state index contributed by atoms with van der Waals surface area (Å²) in [5, 5.41) is 0. The van der Waals surface area contributed by atoms with Gasteiger partial charge in [0.2, 0.25) is 6.41 Å². The summed E-state index contributed by atoms with van der Waals surface area (Å²) in [6.07, 6.45) is -11.2. The number of hydrogen-bond donors (Lipinski definition) is 0. The first-order valence-corrected chi connectivity index (χ1v) is 4.19. The first-order valence-electron chi connectivity index (χ1n) is 3.40. The van der Waals surface area contributed by atoms with E-state index in [1.807, 2.05) is 0 Å². The third kappa shape index (κ3) is 5.52. The van der Waals surface area contributed by atoms with Crippen molar-refractivity contribution in [3.05, 3.63) is 0 Å². The molecule has 0 N–H and O–H groups in total. The zero-order valence-electron chi connectivity index (χ0n) is 7.96. The van der Waals surface area contributed by atoms with E-state index in [1.165, 1.54) is 4.90 Å². The Hall–Kier alpha value is -0.540. The van der Waals surface area contributed by atoms with Crippen molar-refractivity contribution in [2.45, 2.75) is 16.9 Å². The fraction of sp³-hybridized carbons (Fsp3) is 0.833. The molecule has 98 valence electrons. The van der Waals surface area contributed by atoms with Crippen molar-refractivity contribution in [2.24, 2.45) is 0 Å². The molecule has 0 aromatic carbocycles. The Labute approximate surface area is 94.5 Å². The smallest absolute Gasteiger partial charge is 0.351 e. The number of rotatable bonds is 1. The van der Waals surface area contributed by atoms with Crippen LogP contribution in [0.25, 0.3) is 0 Å². The van der Waals surface area contributed by atoms with Crippen LogP contribution in [0.15, 0.2) is 0 Å². The molecule has 0 atom stereocenters. The zero-order valence-corrected chi connectivity index (χ0v) is 9.54. The molecule has 0 aromatic heterocycles. The molecule has 0 aromatic rings. The molecule has 1 amide bonds. The Bertz CT molecular complexity index is 206. The summed E-state index contributed by atoms with van der Waals surface area (Å²) in [7, 11) is 3.38. The zero-order chi connectivity index (χ0) is 13.8. The van der Waals surface area contributed by atoms with Gasteiger partial charge < -0.3 is 4.90 Å². The van der Waals surface area contributed by atoms with Gasteiger partial charge in [-0.1, -0.05) is 0 Å². The van der Waals surface area contributed by atoms with E-state index in [0.29, 0.717) is 0 Å². The second-order valence-corrected chi connectivity index (χ2v) is 3.73. The van der Waals surface area contributed by atoms with E-state index in [0.717, 1.165) is 22.3 Å². The second-order valence-electron chi connectivity index (χ2n) is 2.64. The second kappa shape index (κ2) is 5.69. The first kappa shape index (κ1) is 17.8. The van der Waals surface area contributed by atoms with Crippen molar-refractivity contribution >= 4 is 22.3 Å². The molecular weight excluding hydrogens is 315 g/mol. The molecule has 0 aliphatic rings. The van der Waals surface area contributed by atoms with Crippen molar-refractivity contribution in [1.29, 1.82) is 0 Å². The van der Waals surface area contributed by atoms with Crippen LogP contribution < -0.4 is 0 Å². The minimum Gasteiger partial charge on any atom is -0.351 e. The highest BCUT2D eigenvalue weighted by Crippen LogP contribution is 2.50. The lowest BCUT2D eigenvalue weighted by Crippen LogP contribution is -2.47. The highest BCUT2D eigenvalue weighted by atomic mass is 79.9. The van der Waals surface area contributed by atoms with E-state index in [1.54, 1.807) is 14.1 Å². The van der Waals surface area contributed by atoms with Gasteiger partial charge in [-0.2, -0.15) is 26.3 Å². The van der Waals surface area contributed by atoms with Crippen molar-refractivity contribution in [1.82, 2.24) is 4.90 Å². The maximum Gasteiger partial charge on any atom is 0.442 e. The number of hydrogen-bond acceptors (Lipinski definition) is 1. The van der Waals surface area contributed by atoms with Crippen LogP contribution in [0.3, 0.4) is 0 Å². The Morgan fingerprint density at radius 2 is 1.12 bits per heavy atom. The monoisotopic (exact) mass is 321 g/mol. The summed E-state index contributed by atoms with van der Waals surface area (Å²) in [4.78, 5) is 10.9. The van der Waals surface area contributed by atoms with E-state index in [4.69, 9.17) is 0 Å². The summed E-state index contributed by atoms with van der Waals surface area (Å²) in [6.45, 7) is 0. The Balaban J connectivity index is 0. The van der Waals surface area contributed by atoms with E-state index < -0.39 is 16.9 Å². The molecule has 0 saturated heterocycles. The van der Waals surface area contributed by atoms with Crippen molar-refractivity contribution < 1.29 is 35.5 Å². The topological polar surface area (TPSA) is 20.3 Å². The summed E-state index contributed by atoms with van der Waals surface area (Å²) in [5.41, 5.74) is 0. The van der Waals surface area contributed by atoms with Crippen LogP contribution in [-0.2, 0) is 4.79 Å². The summed E-state index contributed by atoms with van der Waals surface area (Å²) >= 11 is 0.906. The van der Waals surface area contributed by atoms with Gasteiger partial charge in [-0.3, -0.25) is 4.79 Å². The van der Waals surface area contributed by atoms with Crippen LogP contribution in [0.1, 0.15) is 0 Å². The summed E-state index contributed by atoms with van der Waals surface area (Å²) < 4.78 is 73.6. The number of nitrogens with zero attached hydrogens (tertiary/aromatic N) is 1. The molecule has 0 heterocycles. The van der Waals surface area contributed by atoms with Gasteiger partial charge in [0.15, 0.2) is 0 Å². The standard InChI is InChI=1S/C3BrF7.C3H7NO/c4-1(5,2(6,7)8)3(9,10)11;1-4(2)3-5/h;3H,1-2H3. The number of alkyl halides is 8. The molecular formula is C6H7BrF7NO. The van der Waals surface area contributed by atoms with Gasteiger partial charge in [0.05, 0.1) is 0 Å². The van der Waals surface area contributed by atoms with Gasteiger partial charge >= 0.3 is 16.9 Å². The molecule has 0 radical (unpaired) electrons. The fourth-order valence-corrected chi connectivity index (χ4v) is 0.161. The third-order valence-electron chi connectivity index (χ3n) is 0.923. The number of halogens is 8. The Kier molecular flexibility index (Phi) is 6.34. The van der Waals surface area contributed by atoms with Crippen LogP contribution in [0.5, 0.6) is 0 Å². The maximum absolute atomic E-state index is 11.8. The van der Waals surface area contributed by atoms with Crippen LogP contribution in [0, 0.1) is 0 Å². The van der Waals surface area contributed by atoms with E-state index in [9.17, 15) is 35.5 Å². The molecule has 16 heavy (non-hydrogen) atoms. The molecule has 0 spiro atoms. The highest BCUT2D eigenvalue weighted by Gasteiger charge is 2.71. The number of carbonyl (C=O) groups is 1. The van der Waals surface area contributed by atoms with E-state index in [2.05, 4.69) is 0 Å². The molecule has 10 heteroatoms. The normalized spacial score (nSPS) is 12.6. The highest BCUT2D eigenvalue weighted by molar-refractivity contribution is 9.10. The molecule has 0 rings (SSSR count). The van der Waals surface area contributed by atoms with E-state index >= 15 is 0 Å². The quantitative estimate of drug-likeness (QED) is 0.413. The largest absolute Gasteiger partial charge is 0.442 e. The van der Waals surface area contributed by atoms with Crippen molar-refractivity contribution in [3.8, 4) is 0 Å². The van der Waals surface area contributed by atoms with Gasteiger partial charge in [-0.15, -0.1) is 0 Å². The third-order valence-corrected chi connectivity index (χ3v) is 1.82. The Morgan fingerprint density at radius 3 is 1.12 bits per heavy atom. The van der Waals surface area contributed by atoms with Gasteiger partial charge in [0.25, 0.3) is 0 Å². The minimum atomic E-state index is -5.99.